The number of thiophene rings is 1. The van der Waals surface area contributed by atoms with Crippen molar-refractivity contribution >= 4 is 22.6 Å². The summed E-state index contributed by atoms with van der Waals surface area (Å²) in [6.45, 7) is 0. The van der Waals surface area contributed by atoms with Gasteiger partial charge in [-0.25, -0.2) is 0 Å². The van der Waals surface area contributed by atoms with Gasteiger partial charge in [0.25, 0.3) is 0 Å². The number of hydrogen-bond donors (Lipinski definition) is 1. The second-order valence-electron chi connectivity index (χ2n) is 1.57. The van der Waals surface area contributed by atoms with Crippen LogP contribution in [0.5, 0.6) is 0 Å². The number of hydrogen-bond acceptors (Lipinski definition) is 3. The molecule has 1 aromatic rings. The van der Waals surface area contributed by atoms with Crippen LogP contribution in [0, 0.1) is 0 Å². The van der Waals surface area contributed by atoms with Crippen LogP contribution in [-0.2, 0) is 0 Å². The summed E-state index contributed by atoms with van der Waals surface area (Å²) in [6, 6.07) is 3.68. The first-order valence-corrected chi connectivity index (χ1v) is 3.41. The van der Waals surface area contributed by atoms with Gasteiger partial charge >= 0.3 is 0 Å². The van der Waals surface area contributed by atoms with Crippen molar-refractivity contribution in [1.29, 1.82) is 0 Å². The third kappa shape index (κ3) is 1.29. The van der Waals surface area contributed by atoms with Crippen molar-refractivity contribution in [1.82, 2.24) is 0 Å². The molecule has 3 heteroatoms. The third-order valence-corrected chi connectivity index (χ3v) is 2.02. The number of nitrogens with one attached hydrogen (secondary N) is 1. The van der Waals surface area contributed by atoms with Crippen molar-refractivity contribution in [2.75, 3.05) is 12.4 Å². The molecule has 1 rings (SSSR count). The van der Waals surface area contributed by atoms with Gasteiger partial charge in [0.15, 0.2) is 6.29 Å². The molecular weight excluding hydrogens is 134 g/mol. The predicted octanol–water partition coefficient (Wildman–Crippen LogP) is 1.60. The zero-order valence-corrected chi connectivity index (χ0v) is 5.87. The Bertz CT molecular complexity index is 207. The van der Waals surface area contributed by atoms with E-state index in [1.54, 1.807) is 6.07 Å². The Hall–Kier alpha value is -0.830. The smallest absolute Gasteiger partial charge is 0.160 e. The summed E-state index contributed by atoms with van der Waals surface area (Å²) < 4.78 is 0. The monoisotopic (exact) mass is 141 g/mol. The zero-order chi connectivity index (χ0) is 6.69. The van der Waals surface area contributed by atoms with Crippen LogP contribution >= 0.6 is 11.3 Å². The van der Waals surface area contributed by atoms with E-state index in [1.165, 1.54) is 11.3 Å². The molecule has 0 bridgehead atoms. The fraction of sp³-hybridized carbons (Fsp3) is 0.167. The second-order valence-corrected chi connectivity index (χ2v) is 2.69. The number of aldehydes is 1. The summed E-state index contributed by atoms with van der Waals surface area (Å²) in [4.78, 5) is 10.9. The average molecular weight is 141 g/mol. The molecule has 0 aromatic carbocycles. The van der Waals surface area contributed by atoms with Crippen molar-refractivity contribution < 1.29 is 4.79 Å². The lowest BCUT2D eigenvalue weighted by atomic mass is 10.5. The van der Waals surface area contributed by atoms with Crippen LogP contribution in [0.15, 0.2) is 12.1 Å². The Morgan fingerprint density at radius 3 is 2.78 bits per heavy atom. The van der Waals surface area contributed by atoms with Crippen LogP contribution in [-0.4, -0.2) is 13.3 Å². The van der Waals surface area contributed by atoms with Crippen LogP contribution in [0.4, 0.5) is 5.00 Å². The van der Waals surface area contributed by atoms with Gasteiger partial charge in [0.1, 0.15) is 0 Å². The molecule has 0 aliphatic rings. The largest absolute Gasteiger partial charge is 0.380 e. The molecule has 2 nitrogen and oxygen atoms in total. The summed E-state index contributed by atoms with van der Waals surface area (Å²) in [5.74, 6) is 0. The van der Waals surface area contributed by atoms with Gasteiger partial charge in [-0.05, 0) is 12.1 Å². The first-order valence-electron chi connectivity index (χ1n) is 2.59. The lowest BCUT2D eigenvalue weighted by Gasteiger charge is -1.86. The van der Waals surface area contributed by atoms with Gasteiger partial charge in [0.2, 0.25) is 0 Å². The van der Waals surface area contributed by atoms with E-state index < -0.39 is 0 Å². The van der Waals surface area contributed by atoms with E-state index in [0.717, 1.165) is 16.2 Å². The molecule has 0 saturated heterocycles. The third-order valence-electron chi connectivity index (χ3n) is 0.989. The summed E-state index contributed by atoms with van der Waals surface area (Å²) >= 11 is 1.45. The van der Waals surface area contributed by atoms with E-state index in [2.05, 4.69) is 5.32 Å². The summed E-state index contributed by atoms with van der Waals surface area (Å²) in [5, 5.41) is 3.97. The van der Waals surface area contributed by atoms with Crippen LogP contribution in [0.1, 0.15) is 9.67 Å². The minimum Gasteiger partial charge on any atom is -0.380 e. The summed E-state index contributed by atoms with van der Waals surface area (Å²) in [7, 11) is 1.83. The molecule has 48 valence electrons. The lowest BCUT2D eigenvalue weighted by Crippen LogP contribution is -1.79. The molecule has 0 unspecified atom stereocenters. The van der Waals surface area contributed by atoms with Gasteiger partial charge < -0.3 is 5.32 Å². The Kier molecular flexibility index (Phi) is 1.85. The van der Waals surface area contributed by atoms with Crippen LogP contribution in [0.2, 0.25) is 0 Å². The van der Waals surface area contributed by atoms with Crippen LogP contribution in [0.25, 0.3) is 0 Å². The van der Waals surface area contributed by atoms with Crippen LogP contribution < -0.4 is 5.32 Å². The fourth-order valence-corrected chi connectivity index (χ4v) is 1.23. The van der Waals surface area contributed by atoms with E-state index in [4.69, 9.17) is 0 Å². The standard InChI is InChI=1S/C6H7NOS/c1-7-6-3-2-5(4-8)9-6/h2-4,7H,1H3. The van der Waals surface area contributed by atoms with E-state index >= 15 is 0 Å². The highest BCUT2D eigenvalue weighted by Crippen LogP contribution is 2.18. The van der Waals surface area contributed by atoms with Crippen molar-refractivity contribution in [3.05, 3.63) is 17.0 Å². The Balaban J connectivity index is 2.86. The van der Waals surface area contributed by atoms with E-state index in [0.29, 0.717) is 0 Å². The van der Waals surface area contributed by atoms with Crippen molar-refractivity contribution in [2.45, 2.75) is 0 Å². The highest BCUT2D eigenvalue weighted by atomic mass is 32.1. The molecule has 0 aliphatic heterocycles. The number of carbonyl (C=O) groups is 1. The number of carbonyl (C=O) groups excluding carboxylic acids is 1. The minimum absolute atomic E-state index is 0.763. The fourth-order valence-electron chi connectivity index (χ4n) is 0.551. The molecule has 0 aliphatic carbocycles. The first kappa shape index (κ1) is 6.29. The van der Waals surface area contributed by atoms with Gasteiger partial charge in [0, 0.05) is 7.05 Å². The molecule has 0 fully saturated rings. The quantitative estimate of drug-likeness (QED) is 0.634. The highest BCUT2D eigenvalue weighted by molar-refractivity contribution is 7.17. The molecular formula is C6H7NOS. The van der Waals surface area contributed by atoms with E-state index in [1.807, 2.05) is 13.1 Å². The molecule has 0 saturated carbocycles. The first-order chi connectivity index (χ1) is 4.36. The topological polar surface area (TPSA) is 29.1 Å². The maximum atomic E-state index is 10.1. The maximum absolute atomic E-state index is 10.1. The highest BCUT2D eigenvalue weighted by Gasteiger charge is 1.93. The van der Waals surface area contributed by atoms with Crippen LogP contribution in [0.3, 0.4) is 0 Å². The Morgan fingerprint density at radius 1 is 1.67 bits per heavy atom. The van der Waals surface area contributed by atoms with Crippen molar-refractivity contribution in [3.63, 3.8) is 0 Å². The molecule has 1 heterocycles. The maximum Gasteiger partial charge on any atom is 0.160 e. The van der Waals surface area contributed by atoms with E-state index in [-0.39, 0.29) is 0 Å². The minimum atomic E-state index is 0.763. The SMILES string of the molecule is CNc1ccc(C=O)s1. The Labute approximate surface area is 57.5 Å². The molecule has 1 aromatic heterocycles. The lowest BCUT2D eigenvalue weighted by molar-refractivity contribution is 0.112. The van der Waals surface area contributed by atoms with Gasteiger partial charge in [-0.2, -0.15) is 0 Å². The normalized spacial score (nSPS) is 9.00. The molecule has 9 heavy (non-hydrogen) atoms. The molecule has 0 amide bonds. The predicted molar refractivity (Wildman–Crippen MR) is 39.3 cm³/mol. The van der Waals surface area contributed by atoms with Gasteiger partial charge in [-0.1, -0.05) is 0 Å². The second kappa shape index (κ2) is 2.64. The number of anilines is 1. The van der Waals surface area contributed by atoms with Crippen molar-refractivity contribution in [2.24, 2.45) is 0 Å². The Morgan fingerprint density at radius 2 is 2.44 bits per heavy atom. The summed E-state index contributed by atoms with van der Waals surface area (Å²) in [5.41, 5.74) is 0. The van der Waals surface area contributed by atoms with E-state index in [9.17, 15) is 4.79 Å². The average Bonchev–Trinajstić information content (AvgIpc) is 2.34. The van der Waals surface area contributed by atoms with Gasteiger partial charge in [0.05, 0.1) is 9.88 Å². The molecule has 1 N–H and O–H groups in total. The summed E-state index contributed by atoms with van der Waals surface area (Å²) in [6.07, 6.45) is 0.853. The molecule has 0 atom stereocenters. The molecule has 0 radical (unpaired) electrons. The van der Waals surface area contributed by atoms with Gasteiger partial charge in [-0.15, -0.1) is 11.3 Å². The van der Waals surface area contributed by atoms with Gasteiger partial charge in [-0.3, -0.25) is 4.79 Å². The zero-order valence-electron chi connectivity index (χ0n) is 5.05. The number of rotatable bonds is 2. The van der Waals surface area contributed by atoms with Crippen molar-refractivity contribution in [3.8, 4) is 0 Å². The molecule has 0 spiro atoms.